The molecule has 2 atom stereocenters. The van der Waals surface area contributed by atoms with Gasteiger partial charge in [-0.3, -0.25) is 4.79 Å². The molecular weight excluding hydrogens is 288 g/mol. The number of nitrogens with one attached hydrogen (secondary N) is 2. The van der Waals surface area contributed by atoms with E-state index in [2.05, 4.69) is 22.4 Å². The Hall–Kier alpha value is -1.73. The second kappa shape index (κ2) is 7.33. The third-order valence-electron chi connectivity index (χ3n) is 3.40. The fraction of sp³-hybridized carbons (Fsp3) is 0.500. The predicted octanol–water partition coefficient (Wildman–Crippen LogP) is 0.727. The van der Waals surface area contributed by atoms with E-state index >= 15 is 0 Å². The van der Waals surface area contributed by atoms with E-state index in [1.807, 2.05) is 24.4 Å². The van der Waals surface area contributed by atoms with Crippen LogP contribution in [-0.2, 0) is 11.3 Å². The Kier molecular flexibility index (Phi) is 5.46. The normalized spacial score (nSPS) is 13.9. The molecule has 0 aromatic carbocycles. The topological polar surface area (TPSA) is 72.5 Å². The number of hydrogen-bond donors (Lipinski definition) is 2. The Morgan fingerprint density at radius 2 is 2.33 bits per heavy atom. The molecule has 7 heteroatoms. The molecule has 6 nitrogen and oxygen atoms in total. The molecule has 0 radical (unpaired) electrons. The van der Waals surface area contributed by atoms with Crippen LogP contribution < -0.4 is 10.2 Å². The number of amides is 1. The fourth-order valence-electron chi connectivity index (χ4n) is 2.20. The van der Waals surface area contributed by atoms with Crippen LogP contribution in [0.3, 0.4) is 0 Å². The van der Waals surface area contributed by atoms with Gasteiger partial charge in [0, 0.05) is 7.05 Å². The van der Waals surface area contributed by atoms with Gasteiger partial charge in [0.2, 0.25) is 0 Å². The summed E-state index contributed by atoms with van der Waals surface area (Å²) in [4.78, 5) is 13.9. The lowest BCUT2D eigenvalue weighted by molar-refractivity contribution is -0.929. The van der Waals surface area contributed by atoms with Crippen LogP contribution in [0.4, 0.5) is 0 Å². The Balaban J connectivity index is 2.08. The van der Waals surface area contributed by atoms with Crippen LogP contribution >= 0.6 is 11.3 Å². The highest BCUT2D eigenvalue weighted by molar-refractivity contribution is 7.13. The van der Waals surface area contributed by atoms with Crippen molar-refractivity contribution in [2.45, 2.75) is 32.9 Å². The lowest BCUT2D eigenvalue weighted by Crippen LogP contribution is -3.15. The van der Waals surface area contributed by atoms with Gasteiger partial charge in [-0.1, -0.05) is 13.0 Å². The predicted molar refractivity (Wildman–Crippen MR) is 81.0 cm³/mol. The molecule has 2 rings (SSSR count). The van der Waals surface area contributed by atoms with Gasteiger partial charge in [0.25, 0.3) is 17.7 Å². The molecule has 2 heterocycles. The molecule has 0 saturated heterocycles. The quantitative estimate of drug-likeness (QED) is 0.791. The molecule has 0 spiro atoms. The highest BCUT2D eigenvalue weighted by Gasteiger charge is 2.25. The lowest BCUT2D eigenvalue weighted by Gasteiger charge is -2.22. The lowest BCUT2D eigenvalue weighted by atomic mass is 10.2. The Morgan fingerprint density at radius 3 is 2.95 bits per heavy atom. The van der Waals surface area contributed by atoms with Crippen LogP contribution in [0.15, 0.2) is 21.9 Å². The zero-order valence-corrected chi connectivity index (χ0v) is 13.4. The van der Waals surface area contributed by atoms with Crippen molar-refractivity contribution in [3.63, 3.8) is 0 Å². The van der Waals surface area contributed by atoms with Crippen molar-refractivity contribution in [1.29, 1.82) is 0 Å². The van der Waals surface area contributed by atoms with Crippen molar-refractivity contribution < 1.29 is 14.1 Å². The number of thiophene rings is 1. The molecule has 0 saturated carbocycles. The third-order valence-corrected chi connectivity index (χ3v) is 4.26. The van der Waals surface area contributed by atoms with Crippen LogP contribution in [0, 0.1) is 0 Å². The summed E-state index contributed by atoms with van der Waals surface area (Å²) in [6.45, 7) is 5.45. The second-order valence-corrected chi connectivity index (χ2v) is 5.85. The molecule has 2 aromatic rings. The van der Waals surface area contributed by atoms with Crippen LogP contribution in [-0.4, -0.2) is 35.7 Å². The van der Waals surface area contributed by atoms with Crippen molar-refractivity contribution in [2.75, 3.05) is 13.6 Å². The minimum Gasteiger partial charge on any atom is -0.414 e. The summed E-state index contributed by atoms with van der Waals surface area (Å²) in [6.07, 6.45) is 0.989. The average molecular weight is 309 g/mol. The van der Waals surface area contributed by atoms with Gasteiger partial charge in [-0.15, -0.1) is 21.5 Å². The van der Waals surface area contributed by atoms with Gasteiger partial charge in [0.1, 0.15) is 0 Å². The number of carbonyl (C=O) groups excluding carboxylic acids is 1. The first-order chi connectivity index (χ1) is 10.2. The minimum atomic E-state index is -0.146. The summed E-state index contributed by atoms with van der Waals surface area (Å²) in [5, 5.41) is 12.8. The summed E-state index contributed by atoms with van der Waals surface area (Å²) in [5.41, 5.74) is 0. The van der Waals surface area contributed by atoms with E-state index < -0.39 is 0 Å². The molecule has 1 amide bonds. The largest absolute Gasteiger partial charge is 0.414 e. The zero-order valence-electron chi connectivity index (χ0n) is 12.5. The first kappa shape index (κ1) is 15.7. The highest BCUT2D eigenvalue weighted by atomic mass is 32.1. The number of rotatable bonds is 7. The maximum atomic E-state index is 11.8. The first-order valence-corrected chi connectivity index (χ1v) is 7.96. The van der Waals surface area contributed by atoms with Crippen LogP contribution in [0.2, 0.25) is 0 Å². The summed E-state index contributed by atoms with van der Waals surface area (Å²) < 4.78 is 5.70. The maximum absolute atomic E-state index is 11.8. The van der Waals surface area contributed by atoms with Crippen molar-refractivity contribution in [1.82, 2.24) is 15.5 Å². The summed E-state index contributed by atoms with van der Waals surface area (Å²) in [7, 11) is 1.66. The molecule has 2 N–H and O–H groups in total. The number of hydrogen-bond acceptors (Lipinski definition) is 5. The van der Waals surface area contributed by atoms with Crippen LogP contribution in [0.1, 0.15) is 26.2 Å². The monoisotopic (exact) mass is 309 g/mol. The van der Waals surface area contributed by atoms with Gasteiger partial charge in [-0.05, 0) is 24.8 Å². The Labute approximate surface area is 128 Å². The number of likely N-dealkylation sites (N-methyl/N-ethyl adjacent to an activating group) is 1. The van der Waals surface area contributed by atoms with Gasteiger partial charge in [-0.25, -0.2) is 0 Å². The van der Waals surface area contributed by atoms with Crippen molar-refractivity contribution in [3.8, 4) is 10.8 Å². The summed E-state index contributed by atoms with van der Waals surface area (Å²) in [6, 6.07) is 3.75. The van der Waals surface area contributed by atoms with E-state index in [1.165, 1.54) is 0 Å². The minimum absolute atomic E-state index is 0.0245. The van der Waals surface area contributed by atoms with Gasteiger partial charge < -0.3 is 14.6 Å². The van der Waals surface area contributed by atoms with Gasteiger partial charge >= 0.3 is 0 Å². The van der Waals surface area contributed by atoms with E-state index in [0.29, 0.717) is 18.3 Å². The second-order valence-electron chi connectivity index (χ2n) is 4.90. The maximum Gasteiger partial charge on any atom is 0.277 e. The van der Waals surface area contributed by atoms with E-state index in [1.54, 1.807) is 18.4 Å². The van der Waals surface area contributed by atoms with Gasteiger partial charge in [0.05, 0.1) is 11.4 Å². The van der Waals surface area contributed by atoms with E-state index in [0.717, 1.165) is 22.7 Å². The Bertz CT molecular complexity index is 567. The number of nitrogens with zero attached hydrogens (tertiary/aromatic N) is 2. The number of quaternary nitrogens is 1. The molecule has 0 aliphatic carbocycles. The molecule has 114 valence electrons. The van der Waals surface area contributed by atoms with Crippen molar-refractivity contribution in [2.24, 2.45) is 0 Å². The van der Waals surface area contributed by atoms with Crippen molar-refractivity contribution in [3.05, 3.63) is 23.4 Å². The van der Waals surface area contributed by atoms with Crippen LogP contribution in [0.25, 0.3) is 10.8 Å². The molecular formula is C14H21N4O2S+. The summed E-state index contributed by atoms with van der Waals surface area (Å²) >= 11 is 1.57. The smallest absolute Gasteiger partial charge is 0.277 e. The number of aromatic nitrogens is 2. The SMILES string of the molecule is CCC[NH+](Cc1nnc(-c2cccs2)o1)[C@@H](C)C(=O)NC. The fourth-order valence-corrected chi connectivity index (χ4v) is 2.84. The van der Waals surface area contributed by atoms with Crippen molar-refractivity contribution >= 4 is 17.2 Å². The first-order valence-electron chi connectivity index (χ1n) is 7.08. The number of carbonyl (C=O) groups is 1. The van der Waals surface area contributed by atoms with E-state index in [-0.39, 0.29) is 11.9 Å². The molecule has 0 fully saturated rings. The molecule has 0 aliphatic rings. The Morgan fingerprint density at radius 1 is 1.52 bits per heavy atom. The molecule has 21 heavy (non-hydrogen) atoms. The molecule has 1 unspecified atom stereocenters. The summed E-state index contributed by atoms with van der Waals surface area (Å²) in [5.74, 6) is 1.14. The third kappa shape index (κ3) is 3.89. The molecule has 2 aromatic heterocycles. The standard InChI is InChI=1S/C14H20N4O2S/c1-4-7-18(10(2)13(19)15-3)9-12-16-17-14(20-12)11-6-5-8-21-11/h5-6,8,10H,4,7,9H2,1-3H3,(H,15,19)/p+1/t10-/m0/s1. The highest BCUT2D eigenvalue weighted by Crippen LogP contribution is 2.22. The zero-order chi connectivity index (χ0) is 15.2. The van der Waals surface area contributed by atoms with Gasteiger partial charge in [-0.2, -0.15) is 0 Å². The van der Waals surface area contributed by atoms with Gasteiger partial charge in [0.15, 0.2) is 12.6 Å². The van der Waals surface area contributed by atoms with E-state index in [4.69, 9.17) is 4.42 Å². The van der Waals surface area contributed by atoms with Crippen LogP contribution in [0.5, 0.6) is 0 Å². The molecule has 0 aliphatic heterocycles. The van der Waals surface area contributed by atoms with E-state index in [9.17, 15) is 4.79 Å². The average Bonchev–Trinajstić information content (AvgIpc) is 3.15. The molecule has 0 bridgehead atoms.